The second kappa shape index (κ2) is 4.57. The van der Waals surface area contributed by atoms with Gasteiger partial charge < -0.3 is 11.1 Å². The van der Waals surface area contributed by atoms with E-state index in [1.807, 2.05) is 0 Å². The van der Waals surface area contributed by atoms with E-state index in [0.29, 0.717) is 19.4 Å². The second-order valence-electron chi connectivity index (χ2n) is 5.29. The lowest BCUT2D eigenvalue weighted by atomic mass is 9.78. The molecular weight excluding hydrogens is 240 g/mol. The van der Waals surface area contributed by atoms with Crippen LogP contribution in [0.1, 0.15) is 38.5 Å². The average Bonchev–Trinajstić information content (AvgIpc) is 2.22. The van der Waals surface area contributed by atoms with E-state index < -0.39 is 15.1 Å². The minimum absolute atomic E-state index is 0.138. The molecule has 0 bridgehead atoms. The van der Waals surface area contributed by atoms with Gasteiger partial charge in [0.15, 0.2) is 9.84 Å². The summed E-state index contributed by atoms with van der Waals surface area (Å²) in [5, 5.41) is 1.86. The quantitative estimate of drug-likeness (QED) is 0.744. The van der Waals surface area contributed by atoms with Crippen LogP contribution < -0.4 is 11.1 Å². The van der Waals surface area contributed by atoms with Gasteiger partial charge in [0.25, 0.3) is 0 Å². The third-order valence-corrected chi connectivity index (χ3v) is 6.01. The average molecular weight is 260 g/mol. The highest BCUT2D eigenvalue weighted by Gasteiger charge is 2.37. The van der Waals surface area contributed by atoms with E-state index in [1.165, 1.54) is 0 Å². The minimum Gasteiger partial charge on any atom is -0.353 e. The molecular formula is C11H20N2O3S. The van der Waals surface area contributed by atoms with Gasteiger partial charge in [-0.25, -0.2) is 8.42 Å². The molecule has 1 amide bonds. The van der Waals surface area contributed by atoms with Crippen LogP contribution in [0, 0.1) is 0 Å². The summed E-state index contributed by atoms with van der Waals surface area (Å²) in [5.74, 6) is -0.222. The number of hydrogen-bond acceptors (Lipinski definition) is 4. The molecule has 98 valence electrons. The van der Waals surface area contributed by atoms with Crippen molar-refractivity contribution in [1.29, 1.82) is 0 Å². The third-order valence-electron chi connectivity index (χ3n) is 3.84. The summed E-state index contributed by atoms with van der Waals surface area (Å²) < 4.78 is 23.5. The first kappa shape index (κ1) is 12.8. The van der Waals surface area contributed by atoms with E-state index in [4.69, 9.17) is 5.73 Å². The number of nitrogens with two attached hydrogens (primary N) is 1. The van der Waals surface area contributed by atoms with Crippen LogP contribution in [0.3, 0.4) is 0 Å². The van der Waals surface area contributed by atoms with E-state index in [2.05, 4.69) is 5.32 Å². The Bertz CT molecular complexity index is 401. The topological polar surface area (TPSA) is 89.3 Å². The standard InChI is InChI=1S/C11H20N2O3S/c12-11(5-3-6-11)8-13-10(14)9-4-1-2-7-17(9,15)16/h9H,1-8,12H2,(H,13,14). The Labute approximate surface area is 102 Å². The predicted molar refractivity (Wildman–Crippen MR) is 65.2 cm³/mol. The van der Waals surface area contributed by atoms with Crippen LogP contribution in [0.2, 0.25) is 0 Å². The van der Waals surface area contributed by atoms with E-state index in [1.54, 1.807) is 0 Å². The Kier molecular flexibility index (Phi) is 3.45. The molecule has 1 unspecified atom stereocenters. The fourth-order valence-electron chi connectivity index (χ4n) is 2.43. The van der Waals surface area contributed by atoms with Gasteiger partial charge in [-0.15, -0.1) is 0 Å². The number of carbonyl (C=O) groups is 1. The summed E-state index contributed by atoms with van der Waals surface area (Å²) in [6.45, 7) is 0.401. The molecule has 2 fully saturated rings. The van der Waals surface area contributed by atoms with Gasteiger partial charge in [0.2, 0.25) is 5.91 Å². The fourth-order valence-corrected chi connectivity index (χ4v) is 4.26. The molecule has 2 aliphatic rings. The Balaban J connectivity index is 1.90. The number of amides is 1. The summed E-state index contributed by atoms with van der Waals surface area (Å²) in [6.07, 6.45) is 4.84. The highest BCUT2D eigenvalue weighted by atomic mass is 32.2. The Morgan fingerprint density at radius 1 is 1.29 bits per heavy atom. The maximum atomic E-state index is 11.9. The number of sulfone groups is 1. The molecule has 0 aromatic heterocycles. The molecule has 1 heterocycles. The third kappa shape index (κ3) is 2.80. The maximum absolute atomic E-state index is 11.9. The molecule has 17 heavy (non-hydrogen) atoms. The van der Waals surface area contributed by atoms with Crippen molar-refractivity contribution in [3.05, 3.63) is 0 Å². The van der Waals surface area contributed by atoms with Crippen LogP contribution in [0.25, 0.3) is 0 Å². The first-order chi connectivity index (χ1) is 7.93. The first-order valence-corrected chi connectivity index (χ1v) is 7.93. The highest BCUT2D eigenvalue weighted by Crippen LogP contribution is 2.28. The lowest BCUT2D eigenvalue weighted by molar-refractivity contribution is -0.121. The lowest BCUT2D eigenvalue weighted by Crippen LogP contribution is -2.56. The Hall–Kier alpha value is -0.620. The largest absolute Gasteiger partial charge is 0.353 e. The van der Waals surface area contributed by atoms with Gasteiger partial charge in [-0.3, -0.25) is 4.79 Å². The van der Waals surface area contributed by atoms with Crippen LogP contribution in [-0.4, -0.2) is 37.4 Å². The molecule has 0 aromatic rings. The van der Waals surface area contributed by atoms with Crippen molar-refractivity contribution in [3.8, 4) is 0 Å². The van der Waals surface area contributed by atoms with Crippen molar-refractivity contribution in [3.63, 3.8) is 0 Å². The van der Waals surface area contributed by atoms with Crippen LogP contribution in [-0.2, 0) is 14.6 Å². The number of rotatable bonds is 3. The molecule has 1 aliphatic carbocycles. The van der Waals surface area contributed by atoms with Gasteiger partial charge in [0.05, 0.1) is 5.75 Å². The molecule has 0 spiro atoms. The summed E-state index contributed by atoms with van der Waals surface area (Å²) in [7, 11) is -3.23. The summed E-state index contributed by atoms with van der Waals surface area (Å²) in [5.41, 5.74) is 5.69. The van der Waals surface area contributed by atoms with Crippen molar-refractivity contribution in [2.45, 2.75) is 49.3 Å². The summed E-state index contributed by atoms with van der Waals surface area (Å²) in [4.78, 5) is 11.9. The van der Waals surface area contributed by atoms with Gasteiger partial charge in [-0.2, -0.15) is 0 Å². The van der Waals surface area contributed by atoms with Crippen LogP contribution in [0.4, 0.5) is 0 Å². The van der Waals surface area contributed by atoms with Gasteiger partial charge in [0, 0.05) is 12.1 Å². The van der Waals surface area contributed by atoms with E-state index >= 15 is 0 Å². The molecule has 1 atom stereocenters. The van der Waals surface area contributed by atoms with Gasteiger partial charge >= 0.3 is 0 Å². The predicted octanol–water partition coefficient (Wildman–Crippen LogP) is -0.0487. The van der Waals surface area contributed by atoms with Crippen molar-refractivity contribution in [1.82, 2.24) is 5.32 Å². The lowest BCUT2D eigenvalue weighted by Gasteiger charge is -2.38. The molecule has 0 radical (unpaired) electrons. The molecule has 0 aromatic carbocycles. The zero-order chi connectivity index (χ0) is 12.5. The smallest absolute Gasteiger partial charge is 0.238 e. The monoisotopic (exact) mass is 260 g/mol. The van der Waals surface area contributed by atoms with E-state index in [-0.39, 0.29) is 17.2 Å². The minimum atomic E-state index is -3.23. The van der Waals surface area contributed by atoms with Crippen LogP contribution in [0.5, 0.6) is 0 Å². The van der Waals surface area contributed by atoms with Crippen LogP contribution in [0.15, 0.2) is 0 Å². The fraction of sp³-hybridized carbons (Fsp3) is 0.909. The number of carbonyl (C=O) groups excluding carboxylic acids is 1. The van der Waals surface area contributed by atoms with Gasteiger partial charge in [-0.05, 0) is 32.1 Å². The van der Waals surface area contributed by atoms with Crippen molar-refractivity contribution < 1.29 is 13.2 Å². The van der Waals surface area contributed by atoms with Gasteiger partial charge in [-0.1, -0.05) is 6.42 Å². The van der Waals surface area contributed by atoms with E-state index in [0.717, 1.165) is 25.7 Å². The number of hydrogen-bond donors (Lipinski definition) is 2. The number of nitrogens with one attached hydrogen (secondary N) is 1. The Morgan fingerprint density at radius 3 is 2.53 bits per heavy atom. The summed E-state index contributed by atoms with van der Waals surface area (Å²) in [6, 6.07) is 0. The van der Waals surface area contributed by atoms with Crippen molar-refractivity contribution in [2.75, 3.05) is 12.3 Å². The SMILES string of the molecule is NC1(CNC(=O)C2CCCCS2(=O)=O)CCC1. The molecule has 1 saturated heterocycles. The van der Waals surface area contributed by atoms with Crippen molar-refractivity contribution >= 4 is 15.7 Å². The van der Waals surface area contributed by atoms with E-state index in [9.17, 15) is 13.2 Å². The first-order valence-electron chi connectivity index (χ1n) is 6.21. The molecule has 1 aliphatic heterocycles. The van der Waals surface area contributed by atoms with Crippen molar-refractivity contribution in [2.24, 2.45) is 5.73 Å². The highest BCUT2D eigenvalue weighted by molar-refractivity contribution is 7.92. The zero-order valence-corrected chi connectivity index (χ0v) is 10.8. The zero-order valence-electron chi connectivity index (χ0n) is 9.94. The summed E-state index contributed by atoms with van der Waals surface area (Å²) >= 11 is 0. The second-order valence-corrected chi connectivity index (χ2v) is 7.59. The van der Waals surface area contributed by atoms with Gasteiger partial charge in [0.1, 0.15) is 5.25 Å². The normalized spacial score (nSPS) is 30.3. The molecule has 2 rings (SSSR count). The Morgan fingerprint density at radius 2 is 2.00 bits per heavy atom. The molecule has 3 N–H and O–H groups in total. The molecule has 1 saturated carbocycles. The maximum Gasteiger partial charge on any atom is 0.238 e. The van der Waals surface area contributed by atoms with Crippen LogP contribution >= 0.6 is 0 Å². The molecule has 5 nitrogen and oxygen atoms in total. The molecule has 6 heteroatoms.